The van der Waals surface area contributed by atoms with Gasteiger partial charge in [0.25, 0.3) is 0 Å². The first-order chi connectivity index (χ1) is 13.2. The Morgan fingerprint density at radius 3 is 2.46 bits per heavy atom. The molecule has 1 heterocycles. The van der Waals surface area contributed by atoms with Gasteiger partial charge in [-0.3, -0.25) is 0 Å². The number of halogens is 4. The maximum absolute atomic E-state index is 13.9. The van der Waals surface area contributed by atoms with Crippen molar-refractivity contribution < 1.29 is 27.5 Å². The molecular formula is C19H25F4N3O2. The molecular weight excluding hydrogens is 378 g/mol. The monoisotopic (exact) mass is 403 g/mol. The molecule has 1 aliphatic carbocycles. The first kappa shape index (κ1) is 20.7. The first-order valence-electron chi connectivity index (χ1n) is 9.61. The van der Waals surface area contributed by atoms with Gasteiger partial charge in [-0.25, -0.2) is 9.18 Å². The lowest BCUT2D eigenvalue weighted by molar-refractivity contribution is -0.139. The van der Waals surface area contributed by atoms with Crippen molar-refractivity contribution in [2.45, 2.75) is 62.8 Å². The lowest BCUT2D eigenvalue weighted by atomic mass is 9.89. The highest BCUT2D eigenvalue weighted by atomic mass is 19.4. The second-order valence-electron chi connectivity index (χ2n) is 7.56. The largest absolute Gasteiger partial charge is 0.465 e. The van der Waals surface area contributed by atoms with E-state index in [1.807, 2.05) is 4.90 Å². The number of piperidine rings is 1. The Morgan fingerprint density at radius 2 is 1.82 bits per heavy atom. The molecule has 1 aromatic carbocycles. The third-order valence-electron chi connectivity index (χ3n) is 5.57. The summed E-state index contributed by atoms with van der Waals surface area (Å²) in [5.74, 6) is -1.27. The van der Waals surface area contributed by atoms with E-state index in [2.05, 4.69) is 10.6 Å². The number of amides is 1. The van der Waals surface area contributed by atoms with Crippen molar-refractivity contribution in [3.8, 4) is 0 Å². The van der Waals surface area contributed by atoms with Crippen LogP contribution in [0.3, 0.4) is 0 Å². The maximum Gasteiger partial charge on any atom is 0.419 e. The van der Waals surface area contributed by atoms with Crippen LogP contribution in [0.1, 0.15) is 44.1 Å². The fourth-order valence-electron chi connectivity index (χ4n) is 4.24. The molecule has 5 nitrogen and oxygen atoms in total. The van der Waals surface area contributed by atoms with Crippen LogP contribution in [0.4, 0.5) is 28.0 Å². The maximum atomic E-state index is 13.9. The highest BCUT2D eigenvalue weighted by Gasteiger charge is 2.35. The smallest absolute Gasteiger partial charge is 0.419 e. The van der Waals surface area contributed by atoms with Gasteiger partial charge in [-0.2, -0.15) is 13.2 Å². The van der Waals surface area contributed by atoms with Crippen molar-refractivity contribution in [3.63, 3.8) is 0 Å². The summed E-state index contributed by atoms with van der Waals surface area (Å²) in [6.45, 7) is 1.19. The van der Waals surface area contributed by atoms with E-state index in [0.29, 0.717) is 18.8 Å². The number of nitrogens with one attached hydrogen (secondary N) is 2. The summed E-state index contributed by atoms with van der Waals surface area (Å²) in [5.41, 5.74) is -0.825. The Hall–Kier alpha value is -2.03. The molecule has 1 amide bonds. The van der Waals surface area contributed by atoms with Crippen LogP contribution in [-0.2, 0) is 6.18 Å². The molecule has 156 valence electrons. The summed E-state index contributed by atoms with van der Waals surface area (Å²) in [6.07, 6.45) is -0.382. The minimum atomic E-state index is -4.71. The molecule has 1 saturated heterocycles. The molecule has 1 aromatic rings. The van der Waals surface area contributed by atoms with Crippen LogP contribution < -0.4 is 15.5 Å². The van der Waals surface area contributed by atoms with E-state index in [9.17, 15) is 22.4 Å². The zero-order valence-electron chi connectivity index (χ0n) is 15.4. The van der Waals surface area contributed by atoms with Crippen LogP contribution in [0.15, 0.2) is 18.2 Å². The lowest BCUT2D eigenvalue weighted by Crippen LogP contribution is -2.57. The summed E-state index contributed by atoms with van der Waals surface area (Å²) in [7, 11) is 0. The van der Waals surface area contributed by atoms with Crippen molar-refractivity contribution in [2.75, 3.05) is 18.0 Å². The van der Waals surface area contributed by atoms with Crippen molar-refractivity contribution in [2.24, 2.45) is 0 Å². The number of hydrogen-bond donors (Lipinski definition) is 3. The molecule has 0 bridgehead atoms. The molecule has 0 aromatic heterocycles. The van der Waals surface area contributed by atoms with Crippen LogP contribution in [0.5, 0.6) is 0 Å². The van der Waals surface area contributed by atoms with Gasteiger partial charge in [0, 0.05) is 36.9 Å². The fraction of sp³-hybridized carbons (Fsp3) is 0.632. The summed E-state index contributed by atoms with van der Waals surface area (Å²) in [4.78, 5) is 12.9. The standard InChI is InChI=1S/C19H25F4N3O2/c20-15-10-13(7-8-14(15)19(21,22)23)26-9-3-4-12(11-26)24-16-5-1-2-6-17(16)25-18(27)28/h7-8,10,12,16-17,24-25H,1-6,9,11H2,(H,27,28)/t12?,16-,17-/m1/s1. The summed E-state index contributed by atoms with van der Waals surface area (Å²) in [6, 6.07) is 2.99. The second-order valence-corrected chi connectivity index (χ2v) is 7.56. The van der Waals surface area contributed by atoms with E-state index in [1.165, 1.54) is 6.07 Å². The van der Waals surface area contributed by atoms with E-state index >= 15 is 0 Å². The molecule has 0 radical (unpaired) electrons. The second kappa shape index (κ2) is 8.55. The van der Waals surface area contributed by atoms with Crippen LogP contribution in [0.25, 0.3) is 0 Å². The molecule has 3 atom stereocenters. The predicted octanol–water partition coefficient (Wildman–Crippen LogP) is 3.98. The summed E-state index contributed by atoms with van der Waals surface area (Å²) >= 11 is 0. The zero-order chi connectivity index (χ0) is 20.3. The molecule has 2 fully saturated rings. The van der Waals surface area contributed by atoms with Gasteiger partial charge in [-0.05, 0) is 43.9 Å². The van der Waals surface area contributed by atoms with E-state index in [1.54, 1.807) is 0 Å². The van der Waals surface area contributed by atoms with Gasteiger partial charge in [0.05, 0.1) is 5.56 Å². The van der Waals surface area contributed by atoms with Crippen molar-refractivity contribution in [3.05, 3.63) is 29.6 Å². The predicted molar refractivity (Wildman–Crippen MR) is 97.0 cm³/mol. The molecule has 2 aliphatic rings. The average molecular weight is 403 g/mol. The normalized spacial score (nSPS) is 26.1. The van der Waals surface area contributed by atoms with Gasteiger partial charge >= 0.3 is 12.3 Å². The average Bonchev–Trinajstić information content (AvgIpc) is 2.62. The molecule has 9 heteroatoms. The number of carboxylic acid groups (broad SMARTS) is 1. The van der Waals surface area contributed by atoms with Gasteiger partial charge < -0.3 is 20.6 Å². The number of nitrogens with zero attached hydrogens (tertiary/aromatic N) is 1. The SMILES string of the molecule is O=C(O)N[C@@H]1CCCC[C@H]1NC1CCCN(c2ccc(C(F)(F)F)c(F)c2)C1. The minimum absolute atomic E-state index is 0.0270. The van der Waals surface area contributed by atoms with E-state index in [-0.39, 0.29) is 18.1 Å². The summed E-state index contributed by atoms with van der Waals surface area (Å²) in [5, 5.41) is 15.1. The Kier molecular flexibility index (Phi) is 6.32. The number of carbonyl (C=O) groups is 1. The molecule has 3 N–H and O–H groups in total. The fourth-order valence-corrected chi connectivity index (χ4v) is 4.24. The van der Waals surface area contributed by atoms with Crippen LogP contribution in [-0.4, -0.2) is 42.4 Å². The Labute approximate surface area is 161 Å². The minimum Gasteiger partial charge on any atom is -0.465 e. The highest BCUT2D eigenvalue weighted by Crippen LogP contribution is 2.33. The quantitative estimate of drug-likeness (QED) is 0.666. The topological polar surface area (TPSA) is 64.6 Å². The Morgan fingerprint density at radius 1 is 1.11 bits per heavy atom. The van der Waals surface area contributed by atoms with E-state index < -0.39 is 23.7 Å². The van der Waals surface area contributed by atoms with Crippen LogP contribution in [0, 0.1) is 5.82 Å². The first-order valence-corrected chi connectivity index (χ1v) is 9.61. The lowest BCUT2D eigenvalue weighted by Gasteiger charge is -2.40. The number of benzene rings is 1. The Bertz CT molecular complexity index is 698. The molecule has 0 spiro atoms. The zero-order valence-corrected chi connectivity index (χ0v) is 15.4. The van der Waals surface area contributed by atoms with Gasteiger partial charge in [0.15, 0.2) is 0 Å². The Balaban J connectivity index is 1.65. The van der Waals surface area contributed by atoms with Gasteiger partial charge in [0.2, 0.25) is 0 Å². The third kappa shape index (κ3) is 5.06. The van der Waals surface area contributed by atoms with E-state index in [0.717, 1.165) is 50.7 Å². The number of hydrogen-bond acceptors (Lipinski definition) is 3. The van der Waals surface area contributed by atoms with Crippen molar-refractivity contribution >= 4 is 11.8 Å². The van der Waals surface area contributed by atoms with Crippen LogP contribution >= 0.6 is 0 Å². The number of alkyl halides is 3. The van der Waals surface area contributed by atoms with Gasteiger partial charge in [0.1, 0.15) is 5.82 Å². The highest BCUT2D eigenvalue weighted by molar-refractivity contribution is 5.65. The number of anilines is 1. The van der Waals surface area contributed by atoms with Gasteiger partial charge in [-0.15, -0.1) is 0 Å². The molecule has 1 aliphatic heterocycles. The molecule has 1 unspecified atom stereocenters. The third-order valence-corrected chi connectivity index (χ3v) is 5.57. The molecule has 1 saturated carbocycles. The molecule has 3 rings (SSSR count). The summed E-state index contributed by atoms with van der Waals surface area (Å²) < 4.78 is 52.2. The van der Waals surface area contributed by atoms with E-state index in [4.69, 9.17) is 5.11 Å². The van der Waals surface area contributed by atoms with Crippen LogP contribution in [0.2, 0.25) is 0 Å². The van der Waals surface area contributed by atoms with Crippen molar-refractivity contribution in [1.82, 2.24) is 10.6 Å². The van der Waals surface area contributed by atoms with Crippen molar-refractivity contribution in [1.29, 1.82) is 0 Å². The molecule has 28 heavy (non-hydrogen) atoms. The van der Waals surface area contributed by atoms with Gasteiger partial charge in [-0.1, -0.05) is 12.8 Å². The number of rotatable bonds is 4.